The monoisotopic (exact) mass is 330 g/mol. The minimum Gasteiger partial charge on any atom is -0.481 e. The van der Waals surface area contributed by atoms with Gasteiger partial charge in [-0.3, -0.25) is 4.79 Å². The standard InChI is InChI=1S/C14H19ClN2O3S/c1-2-14(12(18)19)5-7-17(8-6-14)13(20)16-9-10-3-4-11(15)21-10/h3-4H,2,5-9H2,1H3,(H,16,20)(H,18,19). The SMILES string of the molecule is CCC1(C(=O)O)CCN(C(=O)NCc2ccc(Cl)s2)CC1. The van der Waals surface area contributed by atoms with E-state index >= 15 is 0 Å². The minimum atomic E-state index is -0.752. The highest BCUT2D eigenvalue weighted by atomic mass is 35.5. The molecule has 2 rings (SSSR count). The van der Waals surface area contributed by atoms with Gasteiger partial charge in [-0.25, -0.2) is 4.79 Å². The first-order chi connectivity index (χ1) is 9.97. The predicted molar refractivity (Wildman–Crippen MR) is 82.7 cm³/mol. The van der Waals surface area contributed by atoms with Gasteiger partial charge in [0, 0.05) is 18.0 Å². The number of carboxylic acids is 1. The Morgan fingerprint density at radius 2 is 2.10 bits per heavy atom. The van der Waals surface area contributed by atoms with E-state index in [-0.39, 0.29) is 6.03 Å². The van der Waals surface area contributed by atoms with Gasteiger partial charge in [0.05, 0.1) is 16.3 Å². The first-order valence-electron chi connectivity index (χ1n) is 6.97. The van der Waals surface area contributed by atoms with Crippen LogP contribution in [0.2, 0.25) is 4.34 Å². The summed E-state index contributed by atoms with van der Waals surface area (Å²) in [5.74, 6) is -0.752. The van der Waals surface area contributed by atoms with Crippen molar-refractivity contribution in [2.45, 2.75) is 32.7 Å². The number of rotatable bonds is 4. The molecule has 116 valence electrons. The number of halogens is 1. The van der Waals surface area contributed by atoms with Gasteiger partial charge in [-0.2, -0.15) is 0 Å². The van der Waals surface area contributed by atoms with Crippen molar-refractivity contribution in [1.82, 2.24) is 10.2 Å². The zero-order valence-corrected chi connectivity index (χ0v) is 13.5. The number of carbonyl (C=O) groups is 2. The van der Waals surface area contributed by atoms with Crippen LogP contribution in [0, 0.1) is 5.41 Å². The van der Waals surface area contributed by atoms with Gasteiger partial charge in [0.2, 0.25) is 0 Å². The van der Waals surface area contributed by atoms with Gasteiger partial charge in [0.25, 0.3) is 0 Å². The Bertz CT molecular complexity index is 524. The Morgan fingerprint density at radius 1 is 1.43 bits per heavy atom. The average Bonchev–Trinajstić information content (AvgIpc) is 2.90. The number of thiophene rings is 1. The van der Waals surface area contributed by atoms with Crippen LogP contribution in [0.5, 0.6) is 0 Å². The summed E-state index contributed by atoms with van der Waals surface area (Å²) in [4.78, 5) is 26.1. The molecule has 21 heavy (non-hydrogen) atoms. The van der Waals surface area contributed by atoms with Crippen LogP contribution in [-0.2, 0) is 11.3 Å². The molecule has 1 aliphatic rings. The summed E-state index contributed by atoms with van der Waals surface area (Å²) in [6.07, 6.45) is 1.62. The number of piperidine rings is 1. The summed E-state index contributed by atoms with van der Waals surface area (Å²) < 4.78 is 0.700. The van der Waals surface area contributed by atoms with Crippen LogP contribution in [0.15, 0.2) is 12.1 Å². The molecule has 1 saturated heterocycles. The normalized spacial score (nSPS) is 17.5. The number of likely N-dealkylation sites (tertiary alicyclic amines) is 1. The van der Waals surface area contributed by atoms with E-state index in [0.29, 0.717) is 43.2 Å². The third-order valence-corrected chi connectivity index (χ3v) is 5.41. The second-order valence-electron chi connectivity index (χ2n) is 5.29. The fourth-order valence-corrected chi connectivity index (χ4v) is 3.61. The summed E-state index contributed by atoms with van der Waals surface area (Å²) in [7, 11) is 0. The Labute approximate surface area is 132 Å². The molecule has 2 heterocycles. The van der Waals surface area contributed by atoms with Gasteiger partial charge in [0.15, 0.2) is 0 Å². The van der Waals surface area contributed by atoms with E-state index in [1.54, 1.807) is 11.0 Å². The van der Waals surface area contributed by atoms with Crippen LogP contribution in [0.25, 0.3) is 0 Å². The number of hydrogen-bond acceptors (Lipinski definition) is 3. The molecule has 7 heteroatoms. The lowest BCUT2D eigenvalue weighted by molar-refractivity contribution is -0.151. The smallest absolute Gasteiger partial charge is 0.317 e. The van der Waals surface area contributed by atoms with Crippen LogP contribution in [-0.4, -0.2) is 35.1 Å². The van der Waals surface area contributed by atoms with E-state index < -0.39 is 11.4 Å². The Hall–Kier alpha value is -1.27. The molecule has 1 aromatic rings. The van der Waals surface area contributed by atoms with Crippen molar-refractivity contribution < 1.29 is 14.7 Å². The van der Waals surface area contributed by atoms with Gasteiger partial charge in [-0.15, -0.1) is 11.3 Å². The van der Waals surface area contributed by atoms with Crippen molar-refractivity contribution in [1.29, 1.82) is 0 Å². The van der Waals surface area contributed by atoms with E-state index in [9.17, 15) is 14.7 Å². The number of nitrogens with zero attached hydrogens (tertiary/aromatic N) is 1. The molecule has 2 amide bonds. The number of aliphatic carboxylic acids is 1. The van der Waals surface area contributed by atoms with Crippen molar-refractivity contribution in [2.75, 3.05) is 13.1 Å². The van der Waals surface area contributed by atoms with Crippen LogP contribution < -0.4 is 5.32 Å². The van der Waals surface area contributed by atoms with Crippen molar-refractivity contribution >= 4 is 34.9 Å². The van der Waals surface area contributed by atoms with Gasteiger partial charge < -0.3 is 15.3 Å². The van der Waals surface area contributed by atoms with Crippen LogP contribution >= 0.6 is 22.9 Å². The fraction of sp³-hybridized carbons (Fsp3) is 0.571. The highest BCUT2D eigenvalue weighted by Crippen LogP contribution is 2.35. The van der Waals surface area contributed by atoms with E-state index in [4.69, 9.17) is 11.6 Å². The fourth-order valence-electron chi connectivity index (χ4n) is 2.58. The molecule has 0 saturated carbocycles. The molecule has 1 aromatic heterocycles. The number of carboxylic acid groups (broad SMARTS) is 1. The zero-order chi connectivity index (χ0) is 15.5. The molecule has 0 radical (unpaired) electrons. The summed E-state index contributed by atoms with van der Waals surface area (Å²) in [5.41, 5.74) is -0.669. The van der Waals surface area contributed by atoms with E-state index in [2.05, 4.69) is 5.32 Å². The largest absolute Gasteiger partial charge is 0.481 e. The maximum absolute atomic E-state index is 12.1. The third kappa shape index (κ3) is 3.68. The highest BCUT2D eigenvalue weighted by Gasteiger charge is 2.40. The Morgan fingerprint density at radius 3 is 2.57 bits per heavy atom. The number of hydrogen-bond donors (Lipinski definition) is 2. The number of amides is 2. The van der Waals surface area contributed by atoms with Crippen molar-refractivity contribution in [2.24, 2.45) is 5.41 Å². The average molecular weight is 331 g/mol. The van der Waals surface area contributed by atoms with Crippen LogP contribution in [0.4, 0.5) is 4.79 Å². The Kier molecular flexibility index (Phi) is 5.11. The van der Waals surface area contributed by atoms with E-state index in [0.717, 1.165) is 4.88 Å². The molecule has 0 atom stereocenters. The highest BCUT2D eigenvalue weighted by molar-refractivity contribution is 7.16. The third-order valence-electron chi connectivity index (χ3n) is 4.18. The van der Waals surface area contributed by atoms with Crippen LogP contribution in [0.1, 0.15) is 31.1 Å². The molecular formula is C14H19ClN2O3S. The molecule has 0 bridgehead atoms. The number of nitrogens with one attached hydrogen (secondary N) is 1. The van der Waals surface area contributed by atoms with Gasteiger partial charge in [-0.1, -0.05) is 18.5 Å². The van der Waals surface area contributed by atoms with Crippen molar-refractivity contribution in [3.63, 3.8) is 0 Å². The molecule has 0 spiro atoms. The summed E-state index contributed by atoms with van der Waals surface area (Å²) in [6.45, 7) is 3.31. The summed E-state index contributed by atoms with van der Waals surface area (Å²) >= 11 is 7.28. The van der Waals surface area contributed by atoms with E-state index in [1.807, 2.05) is 13.0 Å². The lowest BCUT2D eigenvalue weighted by Gasteiger charge is -2.38. The second-order valence-corrected chi connectivity index (χ2v) is 7.09. The molecule has 0 unspecified atom stereocenters. The zero-order valence-electron chi connectivity index (χ0n) is 11.9. The second kappa shape index (κ2) is 6.66. The summed E-state index contributed by atoms with van der Waals surface area (Å²) in [6, 6.07) is 3.54. The summed E-state index contributed by atoms with van der Waals surface area (Å²) in [5, 5.41) is 12.2. The van der Waals surface area contributed by atoms with Crippen molar-refractivity contribution in [3.05, 3.63) is 21.3 Å². The molecule has 2 N–H and O–H groups in total. The Balaban J connectivity index is 1.84. The maximum Gasteiger partial charge on any atom is 0.317 e. The van der Waals surface area contributed by atoms with Crippen LogP contribution in [0.3, 0.4) is 0 Å². The van der Waals surface area contributed by atoms with Gasteiger partial charge >= 0.3 is 12.0 Å². The van der Waals surface area contributed by atoms with E-state index in [1.165, 1.54) is 11.3 Å². The maximum atomic E-state index is 12.1. The topological polar surface area (TPSA) is 69.6 Å². The quantitative estimate of drug-likeness (QED) is 0.890. The molecule has 0 aliphatic carbocycles. The molecule has 5 nitrogen and oxygen atoms in total. The lowest BCUT2D eigenvalue weighted by Crippen LogP contribution is -2.49. The van der Waals surface area contributed by atoms with Crippen molar-refractivity contribution in [3.8, 4) is 0 Å². The molecular weight excluding hydrogens is 312 g/mol. The molecule has 1 aliphatic heterocycles. The molecule has 0 aromatic carbocycles. The molecule has 1 fully saturated rings. The predicted octanol–water partition coefficient (Wildman–Crippen LogP) is 3.19. The lowest BCUT2D eigenvalue weighted by atomic mass is 9.76. The number of carbonyl (C=O) groups excluding carboxylic acids is 1. The van der Waals surface area contributed by atoms with Gasteiger partial charge in [-0.05, 0) is 31.4 Å². The van der Waals surface area contributed by atoms with Gasteiger partial charge in [0.1, 0.15) is 0 Å². The first-order valence-corrected chi connectivity index (χ1v) is 8.17. The number of urea groups is 1. The minimum absolute atomic E-state index is 0.144. The first kappa shape index (κ1) is 16.1.